The predicted octanol–water partition coefficient (Wildman–Crippen LogP) is 2.75. The minimum absolute atomic E-state index is 0.0493. The summed E-state index contributed by atoms with van der Waals surface area (Å²) < 4.78 is 12.8. The molecule has 1 aromatic carbocycles. The van der Waals surface area contributed by atoms with Crippen molar-refractivity contribution in [2.75, 3.05) is 0 Å². The van der Waals surface area contributed by atoms with Crippen LogP contribution in [0.2, 0.25) is 0 Å². The normalized spacial score (nSPS) is 19.1. The van der Waals surface area contributed by atoms with Crippen molar-refractivity contribution in [3.63, 3.8) is 0 Å². The minimum Gasteiger partial charge on any atom is -0.331 e. The van der Waals surface area contributed by atoms with Crippen molar-refractivity contribution in [1.82, 2.24) is 15.0 Å². The Morgan fingerprint density at radius 1 is 1.20 bits per heavy atom. The highest BCUT2D eigenvalue weighted by Crippen LogP contribution is 2.36. The second-order valence-electron chi connectivity index (χ2n) is 4.93. The summed E-state index contributed by atoms with van der Waals surface area (Å²) in [7, 11) is -1.18. The van der Waals surface area contributed by atoms with E-state index in [2.05, 4.69) is 21.0 Å². The fourth-order valence-electron chi connectivity index (χ4n) is 2.74. The summed E-state index contributed by atoms with van der Waals surface area (Å²) in [6.45, 7) is 0. The SMILES string of the molecule is O=S(c1nc2ccccc2[nH]1)C1CCc2cccnc21. The number of pyridine rings is 1. The van der Waals surface area contributed by atoms with Gasteiger partial charge < -0.3 is 4.98 Å². The number of nitrogens with one attached hydrogen (secondary N) is 1. The molecule has 5 heteroatoms. The van der Waals surface area contributed by atoms with Gasteiger partial charge in [0.25, 0.3) is 0 Å². The Morgan fingerprint density at radius 3 is 3.00 bits per heavy atom. The number of rotatable bonds is 2. The summed E-state index contributed by atoms with van der Waals surface area (Å²) in [5.41, 5.74) is 3.96. The number of benzene rings is 1. The van der Waals surface area contributed by atoms with E-state index in [1.54, 1.807) is 6.20 Å². The van der Waals surface area contributed by atoms with Crippen molar-refractivity contribution < 1.29 is 4.21 Å². The number of para-hydroxylation sites is 2. The van der Waals surface area contributed by atoms with Gasteiger partial charge in [-0.05, 0) is 36.6 Å². The smallest absolute Gasteiger partial charge is 0.198 e. The van der Waals surface area contributed by atoms with Gasteiger partial charge in [-0.1, -0.05) is 18.2 Å². The molecule has 0 saturated heterocycles. The topological polar surface area (TPSA) is 58.6 Å². The monoisotopic (exact) mass is 283 g/mol. The van der Waals surface area contributed by atoms with Crippen LogP contribution in [0.3, 0.4) is 0 Å². The van der Waals surface area contributed by atoms with E-state index in [0.29, 0.717) is 5.16 Å². The second-order valence-corrected chi connectivity index (χ2v) is 6.48. The highest BCUT2D eigenvalue weighted by molar-refractivity contribution is 7.85. The first kappa shape index (κ1) is 11.8. The third-order valence-electron chi connectivity index (χ3n) is 3.72. The van der Waals surface area contributed by atoms with E-state index in [9.17, 15) is 4.21 Å². The van der Waals surface area contributed by atoms with Gasteiger partial charge in [0.05, 0.1) is 32.8 Å². The largest absolute Gasteiger partial charge is 0.331 e. The van der Waals surface area contributed by atoms with Crippen LogP contribution in [-0.2, 0) is 17.2 Å². The van der Waals surface area contributed by atoms with Crippen LogP contribution in [0.25, 0.3) is 11.0 Å². The van der Waals surface area contributed by atoms with Crippen LogP contribution in [0.1, 0.15) is 22.9 Å². The molecule has 0 saturated carbocycles. The Balaban J connectivity index is 1.74. The van der Waals surface area contributed by atoms with Crippen molar-refractivity contribution in [2.24, 2.45) is 0 Å². The maximum Gasteiger partial charge on any atom is 0.198 e. The standard InChI is InChI=1S/C15H13N3OS/c19-20(13-8-7-10-4-3-9-16-14(10)13)15-17-11-5-1-2-6-12(11)18-15/h1-6,9,13H,7-8H2,(H,17,18). The van der Waals surface area contributed by atoms with Crippen LogP contribution in [-0.4, -0.2) is 19.2 Å². The molecule has 1 aliphatic rings. The molecule has 0 radical (unpaired) electrons. The van der Waals surface area contributed by atoms with Crippen LogP contribution in [0.15, 0.2) is 47.8 Å². The number of fused-ring (bicyclic) bond motifs is 2. The van der Waals surface area contributed by atoms with E-state index < -0.39 is 10.8 Å². The van der Waals surface area contributed by atoms with Crippen molar-refractivity contribution in [1.29, 1.82) is 0 Å². The van der Waals surface area contributed by atoms with Crippen LogP contribution < -0.4 is 0 Å². The van der Waals surface area contributed by atoms with E-state index in [4.69, 9.17) is 0 Å². The van der Waals surface area contributed by atoms with Crippen LogP contribution in [0.4, 0.5) is 0 Å². The Hall–Kier alpha value is -2.01. The molecule has 0 fully saturated rings. The van der Waals surface area contributed by atoms with Gasteiger partial charge in [0, 0.05) is 6.20 Å². The molecule has 4 nitrogen and oxygen atoms in total. The molecule has 2 atom stereocenters. The van der Waals surface area contributed by atoms with E-state index in [1.807, 2.05) is 30.3 Å². The zero-order chi connectivity index (χ0) is 13.5. The molecule has 2 heterocycles. The third-order valence-corrected chi connectivity index (χ3v) is 5.27. The molecule has 1 aliphatic carbocycles. The van der Waals surface area contributed by atoms with Gasteiger partial charge in [0.2, 0.25) is 0 Å². The molecule has 0 amide bonds. The van der Waals surface area contributed by atoms with Gasteiger partial charge in [0.1, 0.15) is 0 Å². The lowest BCUT2D eigenvalue weighted by atomic mass is 10.2. The number of aryl methyl sites for hydroxylation is 1. The molecular formula is C15H13N3OS. The first-order valence-electron chi connectivity index (χ1n) is 6.62. The average Bonchev–Trinajstić information content (AvgIpc) is 3.10. The Labute approximate surface area is 118 Å². The third kappa shape index (κ3) is 1.78. The number of aromatic amines is 1. The summed E-state index contributed by atoms with van der Waals surface area (Å²) in [4.78, 5) is 12.0. The first-order chi connectivity index (χ1) is 9.83. The fraction of sp³-hybridized carbons (Fsp3) is 0.200. The lowest BCUT2D eigenvalue weighted by Gasteiger charge is -2.07. The van der Waals surface area contributed by atoms with E-state index in [0.717, 1.165) is 29.6 Å². The second kappa shape index (κ2) is 4.52. The fourth-order valence-corrected chi connectivity index (χ4v) is 4.16. The maximum atomic E-state index is 12.8. The molecule has 3 aromatic rings. The molecule has 2 unspecified atom stereocenters. The predicted molar refractivity (Wildman–Crippen MR) is 77.8 cm³/mol. The summed E-state index contributed by atoms with van der Waals surface area (Å²) in [6, 6.07) is 11.8. The summed E-state index contributed by atoms with van der Waals surface area (Å²) in [5, 5.41) is 0.501. The molecule has 4 rings (SSSR count). The van der Waals surface area contributed by atoms with Crippen molar-refractivity contribution in [3.8, 4) is 0 Å². The molecular weight excluding hydrogens is 270 g/mol. The van der Waals surface area contributed by atoms with Crippen LogP contribution in [0, 0.1) is 0 Å². The van der Waals surface area contributed by atoms with Gasteiger partial charge in [-0.25, -0.2) is 4.98 Å². The van der Waals surface area contributed by atoms with E-state index >= 15 is 0 Å². The van der Waals surface area contributed by atoms with Gasteiger partial charge in [0.15, 0.2) is 5.16 Å². The lowest BCUT2D eigenvalue weighted by Crippen LogP contribution is -2.06. The van der Waals surface area contributed by atoms with Crippen molar-refractivity contribution in [3.05, 3.63) is 53.9 Å². The molecule has 0 bridgehead atoms. The van der Waals surface area contributed by atoms with Crippen LogP contribution in [0.5, 0.6) is 0 Å². The van der Waals surface area contributed by atoms with E-state index in [-0.39, 0.29) is 5.25 Å². The van der Waals surface area contributed by atoms with Gasteiger partial charge in [-0.3, -0.25) is 9.19 Å². The van der Waals surface area contributed by atoms with Gasteiger partial charge >= 0.3 is 0 Å². The average molecular weight is 283 g/mol. The van der Waals surface area contributed by atoms with Gasteiger partial charge in [-0.15, -0.1) is 0 Å². The lowest BCUT2D eigenvalue weighted by molar-refractivity contribution is 0.663. The Morgan fingerprint density at radius 2 is 2.10 bits per heavy atom. The molecule has 0 aliphatic heterocycles. The van der Waals surface area contributed by atoms with Crippen molar-refractivity contribution in [2.45, 2.75) is 23.2 Å². The summed E-state index contributed by atoms with van der Waals surface area (Å²) >= 11 is 0. The molecule has 2 aromatic heterocycles. The highest BCUT2D eigenvalue weighted by Gasteiger charge is 2.31. The molecule has 100 valence electrons. The van der Waals surface area contributed by atoms with Crippen LogP contribution >= 0.6 is 0 Å². The highest BCUT2D eigenvalue weighted by atomic mass is 32.2. The number of hydrogen-bond acceptors (Lipinski definition) is 3. The minimum atomic E-state index is -1.18. The number of imidazole rings is 1. The number of aromatic nitrogens is 3. The summed E-state index contributed by atoms with van der Waals surface area (Å²) in [6.07, 6.45) is 3.59. The summed E-state index contributed by atoms with van der Waals surface area (Å²) in [5.74, 6) is 0. The van der Waals surface area contributed by atoms with Crippen molar-refractivity contribution >= 4 is 21.8 Å². The molecule has 0 spiro atoms. The first-order valence-corrected chi connectivity index (χ1v) is 7.83. The number of nitrogens with zero attached hydrogens (tertiary/aromatic N) is 2. The Bertz CT molecular complexity index is 778. The quantitative estimate of drug-likeness (QED) is 0.786. The Kier molecular flexibility index (Phi) is 2.67. The zero-order valence-electron chi connectivity index (χ0n) is 10.7. The molecule has 1 N–H and O–H groups in total. The molecule has 20 heavy (non-hydrogen) atoms. The van der Waals surface area contributed by atoms with Gasteiger partial charge in [-0.2, -0.15) is 0 Å². The number of H-pyrrole nitrogens is 1. The maximum absolute atomic E-state index is 12.8. The number of hydrogen-bond donors (Lipinski definition) is 1. The van der Waals surface area contributed by atoms with E-state index in [1.165, 1.54) is 5.56 Å². The zero-order valence-corrected chi connectivity index (χ0v) is 11.6.